The molecular weight excluding hydrogens is 244 g/mol. The summed E-state index contributed by atoms with van der Waals surface area (Å²) in [4.78, 5) is 4.29. The third-order valence-electron chi connectivity index (χ3n) is 3.15. The van der Waals surface area contributed by atoms with Crippen molar-refractivity contribution < 1.29 is 14.4 Å². The van der Waals surface area contributed by atoms with Gasteiger partial charge in [-0.25, -0.2) is 0 Å². The summed E-state index contributed by atoms with van der Waals surface area (Å²) in [5.74, 6) is 2.50. The van der Waals surface area contributed by atoms with E-state index in [1.165, 1.54) is 0 Å². The average molecular weight is 260 g/mol. The summed E-state index contributed by atoms with van der Waals surface area (Å²) in [6, 6.07) is 7.31. The van der Waals surface area contributed by atoms with Gasteiger partial charge in [-0.05, 0) is 37.5 Å². The van der Waals surface area contributed by atoms with Gasteiger partial charge in [0.2, 0.25) is 0 Å². The molecule has 0 bridgehead atoms. The summed E-state index contributed by atoms with van der Waals surface area (Å²) in [6.45, 7) is 2.00. The summed E-state index contributed by atoms with van der Waals surface area (Å²) in [7, 11) is 0. The van der Waals surface area contributed by atoms with Crippen LogP contribution in [-0.4, -0.2) is 15.2 Å². The van der Waals surface area contributed by atoms with E-state index in [4.69, 9.17) is 9.26 Å². The molecule has 0 unspecified atom stereocenters. The molecular formula is C14H16N2O3. The Hall–Kier alpha value is -1.88. The molecule has 1 fully saturated rings. The predicted octanol–water partition coefficient (Wildman–Crippen LogP) is 2.58. The first-order valence-corrected chi connectivity index (χ1v) is 6.45. The fraction of sp³-hybridized carbons (Fsp3) is 0.429. The molecule has 0 spiro atoms. The lowest BCUT2D eigenvalue weighted by atomic mass is 10.1. The van der Waals surface area contributed by atoms with E-state index in [0.717, 1.165) is 30.0 Å². The van der Waals surface area contributed by atoms with Gasteiger partial charge in [-0.3, -0.25) is 0 Å². The minimum absolute atomic E-state index is 0.272. The minimum atomic E-state index is -0.467. The van der Waals surface area contributed by atoms with E-state index in [0.29, 0.717) is 11.8 Å². The van der Waals surface area contributed by atoms with E-state index in [1.54, 1.807) is 6.92 Å². The molecule has 0 saturated heterocycles. The first kappa shape index (κ1) is 12.2. The Morgan fingerprint density at radius 2 is 2.11 bits per heavy atom. The molecule has 19 heavy (non-hydrogen) atoms. The lowest BCUT2D eigenvalue weighted by Gasteiger charge is -2.06. The SMILES string of the molecule is C[C@@H](O)c1ccc(OCc2nc(C3CC3)no2)cc1. The Balaban J connectivity index is 1.58. The van der Waals surface area contributed by atoms with Crippen molar-refractivity contribution in [2.24, 2.45) is 0 Å². The summed E-state index contributed by atoms with van der Waals surface area (Å²) < 4.78 is 10.7. The number of aliphatic hydroxyl groups excluding tert-OH is 1. The average Bonchev–Trinajstić information content (AvgIpc) is 3.16. The van der Waals surface area contributed by atoms with Crippen LogP contribution < -0.4 is 4.74 Å². The molecule has 1 atom stereocenters. The second-order valence-corrected chi connectivity index (χ2v) is 4.85. The summed E-state index contributed by atoms with van der Waals surface area (Å²) in [5, 5.41) is 13.3. The van der Waals surface area contributed by atoms with Crippen molar-refractivity contribution in [2.45, 2.75) is 38.4 Å². The number of hydrogen-bond donors (Lipinski definition) is 1. The van der Waals surface area contributed by atoms with Crippen LogP contribution in [0.15, 0.2) is 28.8 Å². The van der Waals surface area contributed by atoms with E-state index >= 15 is 0 Å². The Kier molecular flexibility index (Phi) is 3.21. The van der Waals surface area contributed by atoms with Crippen LogP contribution in [0.4, 0.5) is 0 Å². The van der Waals surface area contributed by atoms with Crippen LogP contribution in [0.2, 0.25) is 0 Å². The number of nitrogens with zero attached hydrogens (tertiary/aromatic N) is 2. The number of hydrogen-bond acceptors (Lipinski definition) is 5. The molecule has 1 saturated carbocycles. The zero-order chi connectivity index (χ0) is 13.2. The Bertz CT molecular complexity index is 544. The van der Waals surface area contributed by atoms with Gasteiger partial charge in [0, 0.05) is 5.92 Å². The van der Waals surface area contributed by atoms with E-state index in [1.807, 2.05) is 24.3 Å². The van der Waals surface area contributed by atoms with Crippen LogP contribution in [0.25, 0.3) is 0 Å². The first-order valence-electron chi connectivity index (χ1n) is 6.45. The van der Waals surface area contributed by atoms with Crippen LogP contribution in [-0.2, 0) is 6.61 Å². The van der Waals surface area contributed by atoms with Crippen LogP contribution >= 0.6 is 0 Å². The third kappa shape index (κ3) is 2.93. The van der Waals surface area contributed by atoms with Gasteiger partial charge in [-0.15, -0.1) is 0 Å². The van der Waals surface area contributed by atoms with Gasteiger partial charge < -0.3 is 14.4 Å². The highest BCUT2D eigenvalue weighted by atomic mass is 16.5. The largest absolute Gasteiger partial charge is 0.484 e. The number of aliphatic hydroxyl groups is 1. The van der Waals surface area contributed by atoms with Crippen molar-refractivity contribution in [2.75, 3.05) is 0 Å². The fourth-order valence-corrected chi connectivity index (χ4v) is 1.82. The van der Waals surface area contributed by atoms with Crippen LogP contribution in [0.3, 0.4) is 0 Å². The second-order valence-electron chi connectivity index (χ2n) is 4.85. The van der Waals surface area contributed by atoms with Crippen LogP contribution in [0, 0.1) is 0 Å². The van der Waals surface area contributed by atoms with Crippen molar-refractivity contribution in [1.82, 2.24) is 10.1 Å². The number of rotatable bonds is 5. The van der Waals surface area contributed by atoms with Crippen molar-refractivity contribution >= 4 is 0 Å². The molecule has 0 aliphatic heterocycles. The highest BCUT2D eigenvalue weighted by Gasteiger charge is 2.28. The maximum atomic E-state index is 9.41. The maximum absolute atomic E-state index is 9.41. The minimum Gasteiger partial charge on any atom is -0.484 e. The van der Waals surface area contributed by atoms with Crippen LogP contribution in [0.1, 0.15) is 49.1 Å². The lowest BCUT2D eigenvalue weighted by Crippen LogP contribution is -1.97. The predicted molar refractivity (Wildman–Crippen MR) is 67.7 cm³/mol. The smallest absolute Gasteiger partial charge is 0.264 e. The summed E-state index contributed by atoms with van der Waals surface area (Å²) >= 11 is 0. The van der Waals surface area contributed by atoms with Crippen molar-refractivity contribution in [3.8, 4) is 5.75 Å². The normalized spacial score (nSPS) is 16.3. The fourth-order valence-electron chi connectivity index (χ4n) is 1.82. The number of ether oxygens (including phenoxy) is 1. The third-order valence-corrected chi connectivity index (χ3v) is 3.15. The summed E-state index contributed by atoms with van der Waals surface area (Å²) in [5.41, 5.74) is 0.862. The Morgan fingerprint density at radius 3 is 2.74 bits per heavy atom. The van der Waals surface area contributed by atoms with Crippen LogP contribution in [0.5, 0.6) is 5.75 Å². The molecule has 5 heteroatoms. The van der Waals surface area contributed by atoms with Crippen molar-refractivity contribution in [3.63, 3.8) is 0 Å². The number of benzene rings is 1. The molecule has 0 radical (unpaired) electrons. The van der Waals surface area contributed by atoms with Crippen molar-refractivity contribution in [3.05, 3.63) is 41.5 Å². The molecule has 1 aromatic heterocycles. The van der Waals surface area contributed by atoms with E-state index in [9.17, 15) is 5.11 Å². The molecule has 2 aromatic rings. The zero-order valence-electron chi connectivity index (χ0n) is 10.7. The highest BCUT2D eigenvalue weighted by molar-refractivity contribution is 5.28. The number of aromatic nitrogens is 2. The molecule has 1 aliphatic rings. The Labute approximate surface area is 111 Å². The molecule has 5 nitrogen and oxygen atoms in total. The molecule has 3 rings (SSSR count). The molecule has 100 valence electrons. The lowest BCUT2D eigenvalue weighted by molar-refractivity contribution is 0.199. The van der Waals surface area contributed by atoms with Gasteiger partial charge >= 0.3 is 0 Å². The highest BCUT2D eigenvalue weighted by Crippen LogP contribution is 2.38. The van der Waals surface area contributed by atoms with E-state index in [2.05, 4.69) is 10.1 Å². The van der Waals surface area contributed by atoms with Gasteiger partial charge in [0.25, 0.3) is 5.89 Å². The quantitative estimate of drug-likeness (QED) is 0.894. The summed E-state index contributed by atoms with van der Waals surface area (Å²) in [6.07, 6.45) is 1.84. The first-order chi connectivity index (χ1) is 9.22. The molecule has 1 N–H and O–H groups in total. The molecule has 1 aliphatic carbocycles. The van der Waals surface area contributed by atoms with Gasteiger partial charge in [0.15, 0.2) is 12.4 Å². The van der Waals surface area contributed by atoms with E-state index in [-0.39, 0.29) is 6.61 Å². The Morgan fingerprint density at radius 1 is 1.37 bits per heavy atom. The molecule has 0 amide bonds. The maximum Gasteiger partial charge on any atom is 0.264 e. The molecule has 1 heterocycles. The standard InChI is InChI=1S/C14H16N2O3/c1-9(17)10-4-6-12(7-5-10)18-8-13-15-14(16-19-13)11-2-3-11/h4-7,9,11,17H,2-3,8H2,1H3/t9-/m1/s1. The molecule has 1 aromatic carbocycles. The van der Waals surface area contributed by atoms with Gasteiger partial charge in [-0.1, -0.05) is 17.3 Å². The van der Waals surface area contributed by atoms with Gasteiger partial charge in [0.05, 0.1) is 6.10 Å². The zero-order valence-corrected chi connectivity index (χ0v) is 10.7. The second kappa shape index (κ2) is 5.01. The van der Waals surface area contributed by atoms with Gasteiger partial charge in [0.1, 0.15) is 5.75 Å². The topological polar surface area (TPSA) is 68.4 Å². The van der Waals surface area contributed by atoms with Gasteiger partial charge in [-0.2, -0.15) is 4.98 Å². The van der Waals surface area contributed by atoms with Crippen molar-refractivity contribution in [1.29, 1.82) is 0 Å². The van der Waals surface area contributed by atoms with E-state index < -0.39 is 6.10 Å². The monoisotopic (exact) mass is 260 g/mol.